The Labute approximate surface area is 70.2 Å². The Morgan fingerprint density at radius 2 is 2.00 bits per heavy atom. The number of rotatable bonds is 5. The average Bonchev–Trinajstić information content (AvgIpc) is 1.89. The number of hydrogen-bond donors (Lipinski definition) is 1. The van der Waals surface area contributed by atoms with Gasteiger partial charge in [0.1, 0.15) is 0 Å². The first-order chi connectivity index (χ1) is 4.72. The van der Waals surface area contributed by atoms with Gasteiger partial charge in [0, 0.05) is 6.04 Å². The second-order valence-electron chi connectivity index (χ2n) is 2.80. The van der Waals surface area contributed by atoms with Crippen molar-refractivity contribution >= 4 is 12.6 Å². The Bertz CT molecular complexity index is 73.7. The highest BCUT2D eigenvalue weighted by Crippen LogP contribution is 1.98. The Morgan fingerprint density at radius 1 is 1.40 bits per heavy atom. The van der Waals surface area contributed by atoms with Crippen LogP contribution in [-0.4, -0.2) is 29.8 Å². The van der Waals surface area contributed by atoms with E-state index in [1.165, 1.54) is 13.0 Å². The lowest BCUT2D eigenvalue weighted by molar-refractivity contribution is 0.235. The summed E-state index contributed by atoms with van der Waals surface area (Å²) in [6.07, 6.45) is 1.20. The van der Waals surface area contributed by atoms with Crippen molar-refractivity contribution in [2.75, 3.05) is 18.8 Å². The van der Waals surface area contributed by atoms with Crippen LogP contribution in [0.4, 0.5) is 0 Å². The Hall–Kier alpha value is 0.310. The molecule has 0 aliphatic heterocycles. The molecule has 62 valence electrons. The third-order valence-electron chi connectivity index (χ3n) is 1.74. The molecule has 0 amide bonds. The molecule has 0 atom stereocenters. The van der Waals surface area contributed by atoms with Gasteiger partial charge in [-0.2, -0.15) is 12.6 Å². The molecule has 0 unspecified atom stereocenters. The van der Waals surface area contributed by atoms with Crippen molar-refractivity contribution in [3.8, 4) is 0 Å². The number of hydrogen-bond acceptors (Lipinski definition) is 2. The maximum Gasteiger partial charge on any atom is 0.00384 e. The number of thiol groups is 1. The number of nitrogens with zero attached hydrogens (tertiary/aromatic N) is 1. The monoisotopic (exact) mass is 161 g/mol. The van der Waals surface area contributed by atoms with E-state index in [9.17, 15) is 0 Å². The van der Waals surface area contributed by atoms with Crippen LogP contribution in [0, 0.1) is 0 Å². The Morgan fingerprint density at radius 3 is 2.30 bits per heavy atom. The van der Waals surface area contributed by atoms with E-state index in [0.29, 0.717) is 6.04 Å². The highest BCUT2D eigenvalue weighted by molar-refractivity contribution is 7.80. The van der Waals surface area contributed by atoms with Crippen LogP contribution >= 0.6 is 12.6 Å². The zero-order valence-electron chi connectivity index (χ0n) is 7.30. The van der Waals surface area contributed by atoms with E-state index in [2.05, 4.69) is 38.3 Å². The van der Waals surface area contributed by atoms with E-state index >= 15 is 0 Å². The van der Waals surface area contributed by atoms with Crippen LogP contribution in [0.2, 0.25) is 0 Å². The fraction of sp³-hybridized carbons (Fsp3) is 1.00. The van der Waals surface area contributed by atoms with E-state index in [0.717, 1.165) is 12.3 Å². The molecule has 0 spiro atoms. The summed E-state index contributed by atoms with van der Waals surface area (Å²) in [5.74, 6) is 1.00. The summed E-state index contributed by atoms with van der Waals surface area (Å²) in [4.78, 5) is 2.45. The standard InChI is InChI=1S/C8H19NS/c1-4-9(8(2)3)6-5-7-10/h8,10H,4-7H2,1-3H3. The van der Waals surface area contributed by atoms with Gasteiger partial charge in [-0.25, -0.2) is 0 Å². The van der Waals surface area contributed by atoms with Gasteiger partial charge in [-0.3, -0.25) is 0 Å². The highest BCUT2D eigenvalue weighted by Gasteiger charge is 2.04. The topological polar surface area (TPSA) is 3.24 Å². The van der Waals surface area contributed by atoms with Gasteiger partial charge in [0.25, 0.3) is 0 Å². The van der Waals surface area contributed by atoms with Gasteiger partial charge in [0.05, 0.1) is 0 Å². The molecule has 10 heavy (non-hydrogen) atoms. The third kappa shape index (κ3) is 4.18. The highest BCUT2D eigenvalue weighted by atomic mass is 32.1. The van der Waals surface area contributed by atoms with Gasteiger partial charge >= 0.3 is 0 Å². The van der Waals surface area contributed by atoms with Crippen LogP contribution in [0.1, 0.15) is 27.2 Å². The van der Waals surface area contributed by atoms with Crippen LogP contribution in [0.25, 0.3) is 0 Å². The minimum Gasteiger partial charge on any atom is -0.301 e. The van der Waals surface area contributed by atoms with Gasteiger partial charge in [0.15, 0.2) is 0 Å². The van der Waals surface area contributed by atoms with Crippen molar-refractivity contribution in [2.24, 2.45) is 0 Å². The van der Waals surface area contributed by atoms with Crippen LogP contribution in [-0.2, 0) is 0 Å². The van der Waals surface area contributed by atoms with E-state index in [1.54, 1.807) is 0 Å². The molecule has 0 saturated carbocycles. The fourth-order valence-electron chi connectivity index (χ4n) is 1.06. The van der Waals surface area contributed by atoms with Crippen molar-refractivity contribution in [1.82, 2.24) is 4.90 Å². The molecule has 0 aliphatic rings. The molecular formula is C8H19NS. The molecule has 0 aliphatic carbocycles. The first-order valence-electron chi connectivity index (χ1n) is 4.07. The average molecular weight is 161 g/mol. The normalized spacial score (nSPS) is 11.4. The minimum absolute atomic E-state index is 0.685. The third-order valence-corrected chi connectivity index (χ3v) is 2.06. The molecular weight excluding hydrogens is 142 g/mol. The molecule has 0 N–H and O–H groups in total. The predicted molar refractivity (Wildman–Crippen MR) is 50.9 cm³/mol. The van der Waals surface area contributed by atoms with Crippen LogP contribution in [0.15, 0.2) is 0 Å². The summed E-state index contributed by atoms with van der Waals surface area (Å²) in [6, 6.07) is 0.685. The summed E-state index contributed by atoms with van der Waals surface area (Å²) in [7, 11) is 0. The summed E-state index contributed by atoms with van der Waals surface area (Å²) >= 11 is 4.18. The predicted octanol–water partition coefficient (Wildman–Crippen LogP) is 2.04. The molecule has 0 heterocycles. The molecule has 0 rings (SSSR count). The first kappa shape index (κ1) is 10.3. The largest absolute Gasteiger partial charge is 0.301 e. The molecule has 0 fully saturated rings. The van der Waals surface area contributed by atoms with E-state index in [1.807, 2.05) is 0 Å². The van der Waals surface area contributed by atoms with Crippen LogP contribution in [0.5, 0.6) is 0 Å². The van der Waals surface area contributed by atoms with Gasteiger partial charge in [-0.15, -0.1) is 0 Å². The lowest BCUT2D eigenvalue weighted by atomic mass is 10.3. The maximum absolute atomic E-state index is 4.18. The smallest absolute Gasteiger partial charge is 0.00384 e. The second kappa shape index (κ2) is 6.05. The zero-order chi connectivity index (χ0) is 7.98. The summed E-state index contributed by atoms with van der Waals surface area (Å²) < 4.78 is 0. The molecule has 0 saturated heterocycles. The van der Waals surface area contributed by atoms with E-state index in [-0.39, 0.29) is 0 Å². The SMILES string of the molecule is CCN(CCCS)C(C)C. The lowest BCUT2D eigenvalue weighted by Gasteiger charge is -2.23. The van der Waals surface area contributed by atoms with E-state index in [4.69, 9.17) is 0 Å². The maximum atomic E-state index is 4.18. The van der Waals surface area contributed by atoms with Crippen molar-refractivity contribution in [3.05, 3.63) is 0 Å². The Kier molecular flexibility index (Phi) is 6.24. The van der Waals surface area contributed by atoms with Crippen molar-refractivity contribution in [3.63, 3.8) is 0 Å². The minimum atomic E-state index is 0.685. The zero-order valence-corrected chi connectivity index (χ0v) is 8.19. The molecule has 2 heteroatoms. The Balaban J connectivity index is 3.40. The molecule has 0 radical (unpaired) electrons. The quantitative estimate of drug-likeness (QED) is 0.604. The first-order valence-corrected chi connectivity index (χ1v) is 4.70. The van der Waals surface area contributed by atoms with Crippen LogP contribution in [0.3, 0.4) is 0 Å². The molecule has 0 aromatic carbocycles. The molecule has 0 aromatic rings. The summed E-state index contributed by atoms with van der Waals surface area (Å²) in [6.45, 7) is 9.03. The summed E-state index contributed by atoms with van der Waals surface area (Å²) in [5.41, 5.74) is 0. The second-order valence-corrected chi connectivity index (χ2v) is 3.25. The molecule has 0 aromatic heterocycles. The van der Waals surface area contributed by atoms with Gasteiger partial charge in [0.2, 0.25) is 0 Å². The van der Waals surface area contributed by atoms with Crippen LogP contribution < -0.4 is 0 Å². The van der Waals surface area contributed by atoms with Gasteiger partial charge in [-0.05, 0) is 39.1 Å². The van der Waals surface area contributed by atoms with Crippen molar-refractivity contribution < 1.29 is 0 Å². The van der Waals surface area contributed by atoms with Crippen molar-refractivity contribution in [2.45, 2.75) is 33.2 Å². The summed E-state index contributed by atoms with van der Waals surface area (Å²) in [5, 5.41) is 0. The van der Waals surface area contributed by atoms with E-state index < -0.39 is 0 Å². The van der Waals surface area contributed by atoms with Crippen molar-refractivity contribution in [1.29, 1.82) is 0 Å². The fourth-order valence-corrected chi connectivity index (χ4v) is 1.20. The lowest BCUT2D eigenvalue weighted by Crippen LogP contribution is -2.31. The molecule has 0 bridgehead atoms. The van der Waals surface area contributed by atoms with Gasteiger partial charge < -0.3 is 4.90 Å². The molecule has 1 nitrogen and oxygen atoms in total. The van der Waals surface area contributed by atoms with Gasteiger partial charge in [-0.1, -0.05) is 6.92 Å².